The quantitative estimate of drug-likeness (QED) is 0.582. The van der Waals surface area contributed by atoms with Gasteiger partial charge >= 0.3 is 6.03 Å². The largest absolute Gasteiger partial charge is 0.493 e. The minimum absolute atomic E-state index is 0.186. The van der Waals surface area contributed by atoms with Crippen LogP contribution in [0.5, 0.6) is 11.5 Å². The van der Waals surface area contributed by atoms with Crippen LogP contribution in [0.1, 0.15) is 46.4 Å². The third kappa shape index (κ3) is 3.83. The maximum Gasteiger partial charge on any atom is 0.325 e. The monoisotopic (exact) mass is 457 g/mol. The summed E-state index contributed by atoms with van der Waals surface area (Å²) in [7, 11) is 1.60. The van der Waals surface area contributed by atoms with Crippen LogP contribution in [0.25, 0.3) is 0 Å². The van der Waals surface area contributed by atoms with Gasteiger partial charge in [0.2, 0.25) is 0 Å². The summed E-state index contributed by atoms with van der Waals surface area (Å²) in [5.74, 6) is 1.04. The zero-order valence-electron chi connectivity index (χ0n) is 19.4. The molecule has 2 unspecified atom stereocenters. The number of para-hydroxylation sites is 1. The molecule has 5 rings (SSSR count). The van der Waals surface area contributed by atoms with Gasteiger partial charge in [-0.1, -0.05) is 48.0 Å². The van der Waals surface area contributed by atoms with Crippen molar-refractivity contribution in [1.29, 1.82) is 0 Å². The number of methoxy groups -OCH3 is 1. The van der Waals surface area contributed by atoms with Crippen LogP contribution in [-0.2, 0) is 6.54 Å². The fraction of sp³-hybridized carbons (Fsp3) is 0.259. The van der Waals surface area contributed by atoms with Crippen molar-refractivity contribution >= 4 is 17.6 Å². The van der Waals surface area contributed by atoms with Crippen LogP contribution in [0.2, 0.25) is 0 Å². The topological polar surface area (TPSA) is 79.9 Å². The highest BCUT2D eigenvalue weighted by atomic mass is 16.5. The van der Waals surface area contributed by atoms with Crippen LogP contribution in [0.4, 0.5) is 10.5 Å². The summed E-state index contributed by atoms with van der Waals surface area (Å²) in [6.07, 6.45) is 0.558. The van der Waals surface area contributed by atoms with Crippen LogP contribution in [-0.4, -0.2) is 24.8 Å². The number of hydrogen-bond donors (Lipinski definition) is 2. The Bertz CT molecular complexity index is 1260. The van der Waals surface area contributed by atoms with Crippen molar-refractivity contribution < 1.29 is 19.1 Å². The average Bonchev–Trinajstić information content (AvgIpc) is 2.83. The number of urea groups is 1. The summed E-state index contributed by atoms with van der Waals surface area (Å²) in [5, 5.41) is 6.03. The first kappa shape index (κ1) is 21.8. The predicted molar refractivity (Wildman–Crippen MR) is 129 cm³/mol. The molecule has 1 fully saturated rings. The number of amides is 3. The van der Waals surface area contributed by atoms with Crippen LogP contribution in [0, 0.1) is 6.92 Å². The van der Waals surface area contributed by atoms with E-state index in [1.165, 1.54) is 5.56 Å². The molecule has 0 aromatic heterocycles. The number of aryl methyl sites for hydroxylation is 1. The number of carbonyl (C=O) groups excluding carboxylic acids is 2. The van der Waals surface area contributed by atoms with Gasteiger partial charge in [0.1, 0.15) is 0 Å². The first-order chi connectivity index (χ1) is 16.4. The Morgan fingerprint density at radius 1 is 1.18 bits per heavy atom. The van der Waals surface area contributed by atoms with E-state index >= 15 is 0 Å². The Morgan fingerprint density at radius 3 is 2.71 bits per heavy atom. The number of rotatable bonds is 5. The molecule has 174 valence electrons. The number of nitrogens with zero attached hydrogens (tertiary/aromatic N) is 1. The Kier molecular flexibility index (Phi) is 5.40. The second kappa shape index (κ2) is 8.41. The summed E-state index contributed by atoms with van der Waals surface area (Å²) in [5.41, 5.74) is 3.20. The molecule has 2 atom stereocenters. The molecule has 2 heterocycles. The summed E-state index contributed by atoms with van der Waals surface area (Å²) in [6.45, 7) is 4.34. The van der Waals surface area contributed by atoms with Crippen LogP contribution >= 0.6 is 0 Å². The lowest BCUT2D eigenvalue weighted by Gasteiger charge is -2.50. The van der Waals surface area contributed by atoms with E-state index in [2.05, 4.69) is 10.6 Å². The van der Waals surface area contributed by atoms with Crippen LogP contribution in [0.15, 0.2) is 66.7 Å². The number of hydrogen-bond acceptors (Lipinski definition) is 4. The lowest BCUT2D eigenvalue weighted by molar-refractivity contribution is 0.0349. The van der Waals surface area contributed by atoms with E-state index in [1.54, 1.807) is 30.2 Å². The van der Waals surface area contributed by atoms with Crippen molar-refractivity contribution in [3.63, 3.8) is 0 Å². The molecule has 34 heavy (non-hydrogen) atoms. The van der Waals surface area contributed by atoms with Gasteiger partial charge < -0.3 is 20.1 Å². The number of fused-ring (bicyclic) bond motifs is 4. The number of ether oxygens (including phenoxy) is 2. The summed E-state index contributed by atoms with van der Waals surface area (Å²) < 4.78 is 11.9. The molecular weight excluding hydrogens is 430 g/mol. The lowest BCUT2D eigenvalue weighted by Crippen LogP contribution is -2.65. The molecule has 1 saturated heterocycles. The summed E-state index contributed by atoms with van der Waals surface area (Å²) >= 11 is 0. The van der Waals surface area contributed by atoms with E-state index in [0.717, 1.165) is 11.1 Å². The molecule has 2 aliphatic rings. The van der Waals surface area contributed by atoms with Gasteiger partial charge in [0.15, 0.2) is 17.2 Å². The van der Waals surface area contributed by atoms with Crippen molar-refractivity contribution in [3.8, 4) is 11.5 Å². The number of nitrogens with one attached hydrogen (secondary N) is 2. The molecule has 0 spiro atoms. The van der Waals surface area contributed by atoms with Crippen molar-refractivity contribution in [2.45, 2.75) is 38.6 Å². The minimum atomic E-state index is -0.939. The summed E-state index contributed by atoms with van der Waals surface area (Å²) in [6, 6.07) is 20.3. The minimum Gasteiger partial charge on any atom is -0.493 e. The van der Waals surface area contributed by atoms with Gasteiger partial charge in [-0.25, -0.2) is 4.79 Å². The molecule has 2 N–H and O–H groups in total. The molecule has 0 saturated carbocycles. The molecule has 2 aliphatic heterocycles. The third-order valence-corrected chi connectivity index (χ3v) is 6.42. The molecule has 3 aromatic rings. The molecular formula is C27H27N3O4. The Balaban J connectivity index is 1.41. The molecule has 2 bridgehead atoms. The highest BCUT2D eigenvalue weighted by Crippen LogP contribution is 2.49. The van der Waals surface area contributed by atoms with E-state index in [-0.39, 0.29) is 18.0 Å². The van der Waals surface area contributed by atoms with E-state index in [9.17, 15) is 9.59 Å². The van der Waals surface area contributed by atoms with Crippen molar-refractivity contribution in [2.24, 2.45) is 0 Å². The highest BCUT2D eigenvalue weighted by molar-refractivity contribution is 5.99. The highest BCUT2D eigenvalue weighted by Gasteiger charge is 2.50. The van der Waals surface area contributed by atoms with Gasteiger partial charge in [-0.3, -0.25) is 9.69 Å². The Morgan fingerprint density at radius 2 is 1.94 bits per heavy atom. The maximum atomic E-state index is 13.2. The van der Waals surface area contributed by atoms with Crippen LogP contribution in [0.3, 0.4) is 0 Å². The van der Waals surface area contributed by atoms with Gasteiger partial charge in [-0.2, -0.15) is 0 Å². The lowest BCUT2D eigenvalue weighted by atomic mass is 9.89. The number of benzene rings is 3. The molecule has 7 nitrogen and oxygen atoms in total. The van der Waals surface area contributed by atoms with Crippen molar-refractivity contribution in [2.75, 3.05) is 12.0 Å². The van der Waals surface area contributed by atoms with Gasteiger partial charge in [0.05, 0.1) is 18.8 Å². The van der Waals surface area contributed by atoms with Gasteiger partial charge in [0.25, 0.3) is 5.91 Å². The van der Waals surface area contributed by atoms with Crippen molar-refractivity contribution in [1.82, 2.24) is 10.6 Å². The van der Waals surface area contributed by atoms with Gasteiger partial charge in [-0.05, 0) is 43.7 Å². The molecule has 3 aromatic carbocycles. The fourth-order valence-electron chi connectivity index (χ4n) is 4.69. The van der Waals surface area contributed by atoms with E-state index in [4.69, 9.17) is 9.47 Å². The molecule has 0 radical (unpaired) electrons. The molecule has 3 amide bonds. The second-order valence-corrected chi connectivity index (χ2v) is 8.92. The van der Waals surface area contributed by atoms with E-state index < -0.39 is 5.72 Å². The summed E-state index contributed by atoms with van der Waals surface area (Å²) in [4.78, 5) is 27.6. The van der Waals surface area contributed by atoms with Gasteiger partial charge in [-0.15, -0.1) is 0 Å². The Hall–Kier alpha value is -4.00. The van der Waals surface area contributed by atoms with Crippen molar-refractivity contribution in [3.05, 3.63) is 89.0 Å². The normalized spacial score (nSPS) is 20.6. The molecule has 7 heteroatoms. The second-order valence-electron chi connectivity index (χ2n) is 8.92. The third-order valence-electron chi connectivity index (χ3n) is 6.42. The smallest absolute Gasteiger partial charge is 0.325 e. The van der Waals surface area contributed by atoms with E-state index in [1.807, 2.05) is 62.4 Å². The SMILES string of the molecule is COc1cccc2c1OC1(C)CC2NC(=O)N1c1cccc(C(=O)NCc2ccc(C)cc2)c1. The zero-order chi connectivity index (χ0) is 23.9. The Labute approximate surface area is 198 Å². The van der Waals surface area contributed by atoms with E-state index in [0.29, 0.717) is 35.7 Å². The standard InChI is InChI=1S/C27H27N3O4/c1-17-10-12-18(13-11-17)16-28-25(31)19-6-4-7-20(14-19)30-26(32)29-22-15-27(30,2)34-24-21(22)8-5-9-23(24)33-3/h4-14,22H,15-16H2,1-3H3,(H,28,31)(H,29,32). The first-order valence-corrected chi connectivity index (χ1v) is 11.3. The first-order valence-electron chi connectivity index (χ1n) is 11.3. The zero-order valence-corrected chi connectivity index (χ0v) is 19.4. The number of carbonyl (C=O) groups is 2. The fourth-order valence-corrected chi connectivity index (χ4v) is 4.69. The average molecular weight is 458 g/mol. The number of anilines is 1. The van der Waals surface area contributed by atoms with Crippen LogP contribution < -0.4 is 25.0 Å². The van der Waals surface area contributed by atoms with Gasteiger partial charge in [0, 0.05) is 24.1 Å². The maximum absolute atomic E-state index is 13.2. The predicted octanol–water partition coefficient (Wildman–Crippen LogP) is 4.70. The molecule has 0 aliphatic carbocycles.